The van der Waals surface area contributed by atoms with Crippen LogP contribution < -0.4 is 20.7 Å². The molecule has 7 nitrogen and oxygen atoms in total. The van der Waals surface area contributed by atoms with Crippen LogP contribution in [0.15, 0.2) is 22.7 Å². The lowest BCUT2D eigenvalue weighted by molar-refractivity contribution is 0.218. The zero-order valence-corrected chi connectivity index (χ0v) is 13.6. The molecule has 0 aliphatic rings. The average Bonchev–Trinajstić information content (AvgIpc) is 2.42. The molecule has 0 atom stereocenters. The van der Waals surface area contributed by atoms with Gasteiger partial charge in [-0.15, -0.1) is 4.98 Å². The molecule has 1 heterocycles. The minimum atomic E-state index is -0.0969. The highest BCUT2D eigenvalue weighted by Gasteiger charge is 2.12. The summed E-state index contributed by atoms with van der Waals surface area (Å²) >= 11 is 9.39. The molecule has 9 heteroatoms. The molecule has 2 aromatic rings. The zero-order chi connectivity index (χ0) is 15.4. The van der Waals surface area contributed by atoms with Gasteiger partial charge in [0.05, 0.1) is 11.1 Å². The van der Waals surface area contributed by atoms with E-state index in [9.17, 15) is 0 Å². The van der Waals surface area contributed by atoms with Crippen molar-refractivity contribution in [2.75, 3.05) is 5.43 Å². The van der Waals surface area contributed by atoms with Crippen molar-refractivity contribution >= 4 is 33.5 Å². The van der Waals surface area contributed by atoms with Crippen LogP contribution in [0, 0.1) is 0 Å². The predicted molar refractivity (Wildman–Crippen MR) is 82.6 cm³/mol. The van der Waals surface area contributed by atoms with Gasteiger partial charge in [0, 0.05) is 4.47 Å². The Labute approximate surface area is 135 Å². The minimum Gasteiger partial charge on any atom is -0.461 e. The van der Waals surface area contributed by atoms with Crippen molar-refractivity contribution in [3.63, 3.8) is 0 Å². The van der Waals surface area contributed by atoms with Crippen molar-refractivity contribution in [1.82, 2.24) is 15.0 Å². The second kappa shape index (κ2) is 6.88. The summed E-state index contributed by atoms with van der Waals surface area (Å²) in [6.45, 7) is 3.70. The van der Waals surface area contributed by atoms with E-state index in [4.69, 9.17) is 26.9 Å². The van der Waals surface area contributed by atoms with Crippen LogP contribution in [0.2, 0.25) is 5.02 Å². The van der Waals surface area contributed by atoms with Crippen molar-refractivity contribution < 1.29 is 9.47 Å². The number of rotatable bonds is 5. The van der Waals surface area contributed by atoms with Crippen LogP contribution in [0.25, 0.3) is 0 Å². The lowest BCUT2D eigenvalue weighted by Crippen LogP contribution is -2.15. The maximum absolute atomic E-state index is 6.06. The monoisotopic (exact) mass is 373 g/mol. The van der Waals surface area contributed by atoms with Crippen LogP contribution >= 0.6 is 27.5 Å². The molecular formula is C12H13BrClN5O2. The van der Waals surface area contributed by atoms with Gasteiger partial charge in [-0.3, -0.25) is 5.43 Å². The van der Waals surface area contributed by atoms with E-state index in [1.807, 2.05) is 13.8 Å². The van der Waals surface area contributed by atoms with Crippen LogP contribution in [-0.2, 0) is 0 Å². The quantitative estimate of drug-likeness (QED) is 0.613. The first kappa shape index (κ1) is 15.7. The number of nitrogens with two attached hydrogens (primary N) is 1. The van der Waals surface area contributed by atoms with E-state index >= 15 is 0 Å². The first-order valence-electron chi connectivity index (χ1n) is 6.00. The van der Waals surface area contributed by atoms with Gasteiger partial charge >= 0.3 is 12.0 Å². The second-order valence-electron chi connectivity index (χ2n) is 4.21. The van der Waals surface area contributed by atoms with Crippen molar-refractivity contribution in [3.05, 3.63) is 27.7 Å². The van der Waals surface area contributed by atoms with Gasteiger partial charge in [0.25, 0.3) is 0 Å². The molecule has 112 valence electrons. The van der Waals surface area contributed by atoms with E-state index in [-0.39, 0.29) is 24.1 Å². The Hall–Kier alpha value is -1.64. The van der Waals surface area contributed by atoms with Crippen LogP contribution in [0.3, 0.4) is 0 Å². The first-order chi connectivity index (χ1) is 9.97. The van der Waals surface area contributed by atoms with Gasteiger partial charge < -0.3 is 9.47 Å². The van der Waals surface area contributed by atoms with Crippen LogP contribution in [0.4, 0.5) is 5.95 Å². The summed E-state index contributed by atoms with van der Waals surface area (Å²) in [7, 11) is 0. The number of nitrogens with zero attached hydrogens (tertiary/aromatic N) is 3. The second-order valence-corrected chi connectivity index (χ2v) is 5.53. The van der Waals surface area contributed by atoms with Crippen LogP contribution in [0.5, 0.6) is 17.8 Å². The number of hydrogen-bond acceptors (Lipinski definition) is 7. The largest absolute Gasteiger partial charge is 0.461 e. The Balaban J connectivity index is 2.32. The highest BCUT2D eigenvalue weighted by Crippen LogP contribution is 2.31. The van der Waals surface area contributed by atoms with E-state index in [1.54, 1.807) is 18.2 Å². The molecule has 3 N–H and O–H groups in total. The predicted octanol–water partition coefficient (Wildman–Crippen LogP) is 3.15. The third-order valence-electron chi connectivity index (χ3n) is 2.16. The van der Waals surface area contributed by atoms with Gasteiger partial charge in [0.1, 0.15) is 0 Å². The SMILES string of the molecule is CC(C)Oc1nc(NN)nc(Oc2cc(Br)ccc2Cl)n1. The Morgan fingerprint density at radius 2 is 1.95 bits per heavy atom. The first-order valence-corrected chi connectivity index (χ1v) is 7.17. The fourth-order valence-electron chi connectivity index (χ4n) is 1.37. The number of nitrogens with one attached hydrogen (secondary N) is 1. The fourth-order valence-corrected chi connectivity index (χ4v) is 1.86. The van der Waals surface area contributed by atoms with Gasteiger partial charge in [0.2, 0.25) is 5.95 Å². The number of nitrogen functional groups attached to an aromatic ring is 1. The summed E-state index contributed by atoms with van der Waals surface area (Å²) in [5, 5.41) is 0.423. The molecular weight excluding hydrogens is 362 g/mol. The smallest absolute Gasteiger partial charge is 0.330 e. The Bertz CT molecular complexity index is 641. The number of ether oxygens (including phenoxy) is 2. The Morgan fingerprint density at radius 1 is 1.24 bits per heavy atom. The Morgan fingerprint density at radius 3 is 2.62 bits per heavy atom. The lowest BCUT2D eigenvalue weighted by Gasteiger charge is -2.11. The molecule has 1 aromatic carbocycles. The van der Waals surface area contributed by atoms with Crippen molar-refractivity contribution in [2.24, 2.45) is 5.84 Å². The normalized spacial score (nSPS) is 10.6. The molecule has 0 aliphatic carbocycles. The zero-order valence-electron chi connectivity index (χ0n) is 11.3. The topological polar surface area (TPSA) is 95.2 Å². The average molecular weight is 375 g/mol. The molecule has 2 rings (SSSR count). The van der Waals surface area contributed by atoms with Gasteiger partial charge in [-0.2, -0.15) is 9.97 Å². The van der Waals surface area contributed by atoms with Crippen molar-refractivity contribution in [2.45, 2.75) is 20.0 Å². The fraction of sp³-hybridized carbons (Fsp3) is 0.250. The van der Waals surface area contributed by atoms with Gasteiger partial charge in [-0.25, -0.2) is 5.84 Å². The summed E-state index contributed by atoms with van der Waals surface area (Å²) in [4.78, 5) is 12.0. The lowest BCUT2D eigenvalue weighted by atomic mass is 10.3. The molecule has 0 saturated carbocycles. The summed E-state index contributed by atoms with van der Waals surface area (Å²) in [5.41, 5.74) is 2.33. The maximum Gasteiger partial charge on any atom is 0.330 e. The minimum absolute atomic E-state index is 0.0219. The number of hydrogen-bond donors (Lipinski definition) is 2. The van der Waals surface area contributed by atoms with Crippen molar-refractivity contribution in [1.29, 1.82) is 0 Å². The number of anilines is 1. The van der Waals surface area contributed by atoms with E-state index in [0.29, 0.717) is 10.8 Å². The van der Waals surface area contributed by atoms with Crippen LogP contribution in [-0.4, -0.2) is 21.1 Å². The molecule has 0 bridgehead atoms. The number of hydrazine groups is 1. The van der Waals surface area contributed by atoms with Gasteiger partial charge in [-0.05, 0) is 32.0 Å². The maximum atomic E-state index is 6.06. The van der Waals surface area contributed by atoms with E-state index < -0.39 is 0 Å². The number of benzene rings is 1. The summed E-state index contributed by atoms with van der Waals surface area (Å²) < 4.78 is 11.8. The number of aromatic nitrogens is 3. The molecule has 0 amide bonds. The molecule has 0 saturated heterocycles. The van der Waals surface area contributed by atoms with Gasteiger partial charge in [0.15, 0.2) is 5.75 Å². The van der Waals surface area contributed by atoms with Crippen LogP contribution in [0.1, 0.15) is 13.8 Å². The van der Waals surface area contributed by atoms with E-state index in [2.05, 4.69) is 36.3 Å². The summed E-state index contributed by atoms with van der Waals surface area (Å²) in [6.07, 6.45) is -0.0969. The van der Waals surface area contributed by atoms with Crippen molar-refractivity contribution in [3.8, 4) is 17.8 Å². The molecule has 0 unspecified atom stereocenters. The van der Waals surface area contributed by atoms with E-state index in [0.717, 1.165) is 4.47 Å². The molecule has 0 spiro atoms. The summed E-state index contributed by atoms with van der Waals surface area (Å²) in [6, 6.07) is 5.31. The highest BCUT2D eigenvalue weighted by molar-refractivity contribution is 9.10. The standard InChI is InChI=1S/C12H13BrClN5O2/c1-6(2)20-11-16-10(19-15)17-12(18-11)21-9-5-7(13)3-4-8(9)14/h3-6H,15H2,1-2H3,(H,16,17,18,19). The molecule has 0 fully saturated rings. The Kier molecular flexibility index (Phi) is 5.16. The highest BCUT2D eigenvalue weighted by atomic mass is 79.9. The van der Waals surface area contributed by atoms with Gasteiger partial charge in [-0.1, -0.05) is 27.5 Å². The molecule has 0 radical (unpaired) electrons. The molecule has 1 aromatic heterocycles. The molecule has 21 heavy (non-hydrogen) atoms. The third-order valence-corrected chi connectivity index (χ3v) is 2.96. The van der Waals surface area contributed by atoms with E-state index in [1.165, 1.54) is 0 Å². The molecule has 0 aliphatic heterocycles. The number of halogens is 2. The third kappa shape index (κ3) is 4.42. The summed E-state index contributed by atoms with van der Waals surface area (Å²) in [5.74, 6) is 5.84.